The van der Waals surface area contributed by atoms with Gasteiger partial charge in [0, 0.05) is 24.5 Å². The number of amides is 1. The van der Waals surface area contributed by atoms with Crippen LogP contribution in [0.3, 0.4) is 0 Å². The van der Waals surface area contributed by atoms with Crippen LogP contribution in [-0.4, -0.2) is 39.6 Å². The highest BCUT2D eigenvalue weighted by atomic mass is 32.1. The van der Waals surface area contributed by atoms with Crippen LogP contribution in [-0.2, 0) is 4.79 Å². The predicted molar refractivity (Wildman–Crippen MR) is 88.8 cm³/mol. The molecule has 0 bridgehead atoms. The van der Waals surface area contributed by atoms with Crippen molar-refractivity contribution in [2.45, 2.75) is 12.1 Å². The van der Waals surface area contributed by atoms with E-state index in [1.807, 2.05) is 16.3 Å². The summed E-state index contributed by atoms with van der Waals surface area (Å²) in [5.74, 6) is 0.0398. The predicted octanol–water partition coefficient (Wildman–Crippen LogP) is 2.70. The van der Waals surface area contributed by atoms with E-state index in [1.54, 1.807) is 11.6 Å². The van der Waals surface area contributed by atoms with E-state index in [0.717, 1.165) is 10.2 Å². The zero-order chi connectivity index (χ0) is 15.9. The summed E-state index contributed by atoms with van der Waals surface area (Å²) in [4.78, 5) is 26.5. The maximum atomic E-state index is 15.0. The van der Waals surface area contributed by atoms with Crippen molar-refractivity contribution in [3.05, 3.63) is 29.4 Å². The first-order valence-electron chi connectivity index (χ1n) is 6.99. The molecule has 1 unspecified atom stereocenters. The van der Waals surface area contributed by atoms with Crippen molar-refractivity contribution >= 4 is 49.7 Å². The molecule has 3 aromatic heterocycles. The summed E-state index contributed by atoms with van der Waals surface area (Å²) >= 11 is 2.78. The summed E-state index contributed by atoms with van der Waals surface area (Å²) in [6.45, 7) is 0.417. The van der Waals surface area contributed by atoms with E-state index in [1.165, 1.54) is 29.0 Å². The van der Waals surface area contributed by atoms with Gasteiger partial charge < -0.3 is 4.90 Å². The Bertz CT molecular complexity index is 852. The van der Waals surface area contributed by atoms with Crippen molar-refractivity contribution < 1.29 is 9.18 Å². The molecule has 6 nitrogen and oxygen atoms in total. The molecule has 4 heterocycles. The third-order valence-electron chi connectivity index (χ3n) is 3.80. The molecule has 0 radical (unpaired) electrons. The Morgan fingerprint density at radius 3 is 3.04 bits per heavy atom. The fourth-order valence-corrected chi connectivity index (χ4v) is 4.02. The lowest BCUT2D eigenvalue weighted by Crippen LogP contribution is -2.41. The van der Waals surface area contributed by atoms with E-state index in [-0.39, 0.29) is 13.0 Å². The highest BCUT2D eigenvalue weighted by Gasteiger charge is 2.46. The van der Waals surface area contributed by atoms with E-state index < -0.39 is 11.6 Å². The third kappa shape index (κ3) is 2.55. The molecule has 9 heteroatoms. The van der Waals surface area contributed by atoms with Gasteiger partial charge in [-0.1, -0.05) is 0 Å². The van der Waals surface area contributed by atoms with Gasteiger partial charge in [-0.3, -0.25) is 10.1 Å². The van der Waals surface area contributed by atoms with Crippen LogP contribution < -0.4 is 10.2 Å². The van der Waals surface area contributed by atoms with Crippen molar-refractivity contribution in [3.63, 3.8) is 0 Å². The molecular formula is C14H12FN5OS2. The minimum atomic E-state index is -1.94. The minimum Gasteiger partial charge on any atom is -0.351 e. The lowest BCUT2D eigenvalue weighted by molar-refractivity contribution is -0.126. The number of rotatable bonds is 3. The first-order valence-corrected chi connectivity index (χ1v) is 8.75. The Morgan fingerprint density at radius 2 is 2.22 bits per heavy atom. The quantitative estimate of drug-likeness (QED) is 0.787. The topological polar surface area (TPSA) is 71.0 Å². The average molecular weight is 349 g/mol. The molecule has 1 fully saturated rings. The number of hydrogen-bond donors (Lipinski definition) is 1. The maximum Gasteiger partial charge on any atom is 0.265 e. The summed E-state index contributed by atoms with van der Waals surface area (Å²) < 4.78 is 16.0. The molecule has 4 rings (SSSR count). The minimum absolute atomic E-state index is 0.0196. The zero-order valence-electron chi connectivity index (χ0n) is 11.9. The van der Waals surface area contributed by atoms with Gasteiger partial charge in [-0.15, -0.1) is 22.7 Å². The van der Waals surface area contributed by atoms with Gasteiger partial charge in [-0.25, -0.2) is 19.3 Å². The van der Waals surface area contributed by atoms with E-state index >= 15 is 4.39 Å². The van der Waals surface area contributed by atoms with Gasteiger partial charge in [0.2, 0.25) is 5.67 Å². The maximum absolute atomic E-state index is 15.0. The summed E-state index contributed by atoms with van der Waals surface area (Å²) in [6.07, 6.45) is 3.17. The lowest BCUT2D eigenvalue weighted by Gasteiger charge is -2.20. The van der Waals surface area contributed by atoms with Crippen LogP contribution >= 0.6 is 22.7 Å². The molecule has 1 amide bonds. The van der Waals surface area contributed by atoms with Crippen molar-refractivity contribution in [2.24, 2.45) is 0 Å². The molecule has 1 aliphatic rings. The van der Waals surface area contributed by atoms with Gasteiger partial charge >= 0.3 is 0 Å². The molecule has 0 aromatic carbocycles. The fourth-order valence-electron chi connectivity index (χ4n) is 2.63. The Morgan fingerprint density at radius 1 is 1.30 bits per heavy atom. The lowest BCUT2D eigenvalue weighted by atomic mass is 10.1. The second-order valence-corrected chi connectivity index (χ2v) is 7.07. The molecule has 1 saturated heterocycles. The summed E-state index contributed by atoms with van der Waals surface area (Å²) in [7, 11) is 0. The van der Waals surface area contributed by atoms with Gasteiger partial charge in [0.1, 0.15) is 12.1 Å². The highest BCUT2D eigenvalue weighted by molar-refractivity contribution is 7.17. The Kier molecular flexibility index (Phi) is 3.46. The van der Waals surface area contributed by atoms with E-state index in [2.05, 4.69) is 20.3 Å². The van der Waals surface area contributed by atoms with Gasteiger partial charge in [0.05, 0.1) is 16.8 Å². The molecule has 3 aromatic rings. The number of carbonyl (C=O) groups excluding carboxylic acids is 1. The van der Waals surface area contributed by atoms with E-state index in [4.69, 9.17) is 0 Å². The molecule has 1 aliphatic heterocycles. The van der Waals surface area contributed by atoms with Gasteiger partial charge in [-0.2, -0.15) is 0 Å². The number of alkyl halides is 1. The molecule has 1 N–H and O–H groups in total. The number of carbonyl (C=O) groups is 1. The van der Waals surface area contributed by atoms with Gasteiger partial charge in [0.25, 0.3) is 5.91 Å². The third-order valence-corrected chi connectivity index (χ3v) is 5.39. The number of nitrogens with zero attached hydrogens (tertiary/aromatic N) is 4. The smallest absolute Gasteiger partial charge is 0.265 e. The van der Waals surface area contributed by atoms with Gasteiger partial charge in [0.15, 0.2) is 5.13 Å². The van der Waals surface area contributed by atoms with Crippen LogP contribution in [0, 0.1) is 0 Å². The largest absolute Gasteiger partial charge is 0.351 e. The van der Waals surface area contributed by atoms with Crippen LogP contribution in [0.25, 0.3) is 10.2 Å². The second kappa shape index (κ2) is 5.50. The summed E-state index contributed by atoms with van der Waals surface area (Å²) in [6, 6.07) is 1.90. The van der Waals surface area contributed by atoms with Crippen LogP contribution in [0.1, 0.15) is 6.42 Å². The first kappa shape index (κ1) is 14.5. The monoisotopic (exact) mass is 349 g/mol. The summed E-state index contributed by atoms with van der Waals surface area (Å²) in [5.41, 5.74) is -1.11. The Balaban J connectivity index is 1.56. The summed E-state index contributed by atoms with van der Waals surface area (Å²) in [5, 5.41) is 6.61. The SMILES string of the molecule is O=C(Nc1nccs1)C1(F)CCN(c2ncnc3ccsc23)C1. The normalized spacial score (nSPS) is 21.0. The Labute approximate surface area is 139 Å². The van der Waals surface area contributed by atoms with Crippen molar-refractivity contribution in [1.82, 2.24) is 15.0 Å². The van der Waals surface area contributed by atoms with Crippen LogP contribution in [0.2, 0.25) is 0 Å². The van der Waals surface area contributed by atoms with Crippen molar-refractivity contribution in [2.75, 3.05) is 23.3 Å². The molecular weight excluding hydrogens is 337 g/mol. The molecule has 118 valence electrons. The Hall–Kier alpha value is -2.13. The number of nitrogens with one attached hydrogen (secondary N) is 1. The molecule has 23 heavy (non-hydrogen) atoms. The molecule has 1 atom stereocenters. The van der Waals surface area contributed by atoms with Gasteiger partial charge in [-0.05, 0) is 11.4 Å². The van der Waals surface area contributed by atoms with Crippen LogP contribution in [0.4, 0.5) is 15.3 Å². The van der Waals surface area contributed by atoms with Crippen LogP contribution in [0.5, 0.6) is 0 Å². The number of thiophene rings is 1. The number of fused-ring (bicyclic) bond motifs is 1. The fraction of sp³-hybridized carbons (Fsp3) is 0.286. The number of hydrogen-bond acceptors (Lipinski definition) is 7. The van der Waals surface area contributed by atoms with Crippen molar-refractivity contribution in [1.29, 1.82) is 0 Å². The molecule has 0 saturated carbocycles. The number of anilines is 2. The highest BCUT2D eigenvalue weighted by Crippen LogP contribution is 2.35. The van der Waals surface area contributed by atoms with E-state index in [9.17, 15) is 4.79 Å². The molecule has 0 aliphatic carbocycles. The van der Waals surface area contributed by atoms with Crippen molar-refractivity contribution in [3.8, 4) is 0 Å². The molecule has 0 spiro atoms. The van der Waals surface area contributed by atoms with E-state index in [0.29, 0.717) is 17.5 Å². The number of halogens is 1. The standard InChI is InChI=1S/C14H12FN5OS2/c15-14(12(21)19-13-16-3-6-23-13)2-4-20(7-14)11-10-9(1-5-22-10)17-8-18-11/h1,3,5-6,8H,2,4,7H2,(H,16,19,21). The zero-order valence-corrected chi connectivity index (χ0v) is 13.5. The first-order chi connectivity index (χ1) is 11.2. The number of aromatic nitrogens is 3. The second-order valence-electron chi connectivity index (χ2n) is 5.26. The average Bonchev–Trinajstić information content (AvgIpc) is 3.26. The number of thiazole rings is 1. The van der Waals surface area contributed by atoms with Crippen LogP contribution in [0.15, 0.2) is 29.4 Å².